The Labute approximate surface area is 372 Å². The van der Waals surface area contributed by atoms with Crippen molar-refractivity contribution in [3.8, 4) is 23.0 Å². The topological polar surface area (TPSA) is 117 Å². The third-order valence-corrected chi connectivity index (χ3v) is 12.0. The fourth-order valence-corrected chi connectivity index (χ4v) is 7.95. The molecule has 62 heavy (non-hydrogen) atoms. The molecule has 336 valence electrons. The van der Waals surface area contributed by atoms with E-state index in [2.05, 4.69) is 142 Å². The Kier molecular flexibility index (Phi) is 14.6. The fourth-order valence-electron chi connectivity index (χ4n) is 7.95. The number of hydrogen-bond acceptors (Lipinski definition) is 6. The number of phenols is 2. The summed E-state index contributed by atoms with van der Waals surface area (Å²) >= 11 is 0. The first-order valence-electron chi connectivity index (χ1n) is 22.6. The third-order valence-electron chi connectivity index (χ3n) is 12.0. The van der Waals surface area contributed by atoms with Gasteiger partial charge in [-0.15, -0.1) is 0 Å². The van der Waals surface area contributed by atoms with Gasteiger partial charge in [-0.1, -0.05) is 145 Å². The molecule has 4 aromatic rings. The van der Waals surface area contributed by atoms with Crippen LogP contribution >= 0.6 is 0 Å². The Morgan fingerprint density at radius 3 is 0.887 bits per heavy atom. The lowest BCUT2D eigenvalue weighted by molar-refractivity contribution is -0.121. The molecule has 0 fully saturated rings. The van der Waals surface area contributed by atoms with Gasteiger partial charge >= 0.3 is 0 Å². The van der Waals surface area contributed by atoms with Gasteiger partial charge in [0.25, 0.3) is 0 Å². The molecule has 8 heteroatoms. The Balaban J connectivity index is 1.88. The summed E-state index contributed by atoms with van der Waals surface area (Å²) in [6.45, 7) is 31.2. The highest BCUT2D eigenvalue weighted by Crippen LogP contribution is 2.43. The first-order chi connectivity index (χ1) is 28.8. The average Bonchev–Trinajstić information content (AvgIpc) is 3.16. The number of aromatic hydroxyl groups is 2. The number of amides is 2. The molecule has 8 nitrogen and oxygen atoms in total. The molecule has 0 saturated carbocycles. The molecule has 0 unspecified atom stereocenters. The van der Waals surface area contributed by atoms with Crippen LogP contribution in [0.1, 0.15) is 177 Å². The lowest BCUT2D eigenvalue weighted by Gasteiger charge is -2.28. The molecule has 0 radical (unpaired) electrons. The third kappa shape index (κ3) is 11.7. The minimum atomic E-state index is -0.229. The molecule has 0 aromatic heterocycles. The highest BCUT2D eigenvalue weighted by atomic mass is 16.5. The van der Waals surface area contributed by atoms with E-state index in [0.717, 1.165) is 66.8 Å². The summed E-state index contributed by atoms with van der Waals surface area (Å²) in [4.78, 5) is 24.5. The Morgan fingerprint density at radius 2 is 0.677 bits per heavy atom. The zero-order valence-electron chi connectivity index (χ0n) is 40.2. The van der Waals surface area contributed by atoms with Gasteiger partial charge in [0.15, 0.2) is 0 Å². The molecule has 5 rings (SSSR count). The van der Waals surface area contributed by atoms with Gasteiger partial charge in [-0.2, -0.15) is 0 Å². The molecule has 1 aliphatic rings. The number of carbonyl (C=O) groups is 2. The zero-order valence-corrected chi connectivity index (χ0v) is 40.2. The van der Waals surface area contributed by atoms with E-state index in [4.69, 9.17) is 9.47 Å². The van der Waals surface area contributed by atoms with Crippen molar-refractivity contribution in [1.29, 1.82) is 0 Å². The minimum absolute atomic E-state index is 0.0391. The maximum absolute atomic E-state index is 12.5. The second-order valence-electron chi connectivity index (χ2n) is 21.3. The number of rotatable bonds is 10. The Hall–Kier alpha value is -4.98. The summed E-state index contributed by atoms with van der Waals surface area (Å²) in [5.74, 6) is 1.79. The molecule has 8 bridgehead atoms. The number of phenolic OH excluding ortho intramolecular Hbond substituents is 2. The highest BCUT2D eigenvalue weighted by molar-refractivity contribution is 5.75. The van der Waals surface area contributed by atoms with Gasteiger partial charge < -0.3 is 30.3 Å². The van der Waals surface area contributed by atoms with Crippen LogP contribution in [-0.4, -0.2) is 48.3 Å². The summed E-state index contributed by atoms with van der Waals surface area (Å²) < 4.78 is 13.5. The van der Waals surface area contributed by atoms with E-state index in [1.165, 1.54) is 0 Å². The molecular formula is C54H74N2O6. The van der Waals surface area contributed by atoms with Gasteiger partial charge in [-0.25, -0.2) is 0 Å². The number of carbonyl (C=O) groups excluding carboxylic acids is 2. The molecule has 0 spiro atoms. The maximum atomic E-state index is 12.5. The lowest BCUT2D eigenvalue weighted by Crippen LogP contribution is -2.27. The molecule has 1 aliphatic carbocycles. The summed E-state index contributed by atoms with van der Waals surface area (Å²) in [5, 5.41) is 30.9. The molecular weight excluding hydrogens is 773 g/mol. The van der Waals surface area contributed by atoms with Crippen LogP contribution in [0.25, 0.3) is 0 Å². The van der Waals surface area contributed by atoms with Gasteiger partial charge in [0.2, 0.25) is 11.8 Å². The van der Waals surface area contributed by atoms with Crippen molar-refractivity contribution in [3.05, 3.63) is 115 Å². The van der Waals surface area contributed by atoms with Crippen LogP contribution in [0.5, 0.6) is 23.0 Å². The number of ether oxygens (including phenoxy) is 2. The lowest BCUT2D eigenvalue weighted by atomic mass is 9.79. The van der Waals surface area contributed by atoms with E-state index >= 15 is 0 Å². The standard InChI is InChI=1S/C54H74N2O6/c1-15-45(57)55-17-19-61-49-37-21-33-25-41(51(3,4)5)27-35(47(33)59)23-39-31-44(54(12,13)14)32-40(50(39)62-20-18-56-46(58)16-2)24-36-28-42(52(6,7)8)26-34(48(36)60)22-38(49)30-43(29-37)53(9,10)11/h25-32,59-60H,15-24H2,1-14H3,(H,55,57)(H,56,58). The van der Waals surface area contributed by atoms with E-state index < -0.39 is 0 Å². The molecule has 0 atom stereocenters. The quantitative estimate of drug-likeness (QED) is 0.104. The van der Waals surface area contributed by atoms with Crippen molar-refractivity contribution in [1.82, 2.24) is 10.6 Å². The van der Waals surface area contributed by atoms with Crippen LogP contribution in [0.15, 0.2) is 48.5 Å². The summed E-state index contributed by atoms with van der Waals surface area (Å²) in [6, 6.07) is 17.3. The minimum Gasteiger partial charge on any atom is -0.507 e. The van der Waals surface area contributed by atoms with Gasteiger partial charge in [-0.05, 0) is 88.4 Å². The smallest absolute Gasteiger partial charge is 0.219 e. The van der Waals surface area contributed by atoms with Crippen LogP contribution in [0.3, 0.4) is 0 Å². The van der Waals surface area contributed by atoms with Crippen molar-refractivity contribution >= 4 is 11.8 Å². The average molecular weight is 847 g/mol. The first kappa shape index (κ1) is 48.1. The summed E-state index contributed by atoms with van der Waals surface area (Å²) in [5.41, 5.74) is 10.4. The highest BCUT2D eigenvalue weighted by Gasteiger charge is 2.28. The second kappa shape index (κ2) is 18.8. The van der Waals surface area contributed by atoms with E-state index in [1.807, 2.05) is 13.8 Å². The molecule has 0 aliphatic heterocycles. The van der Waals surface area contributed by atoms with E-state index in [1.54, 1.807) is 0 Å². The van der Waals surface area contributed by atoms with E-state index in [-0.39, 0.29) is 58.2 Å². The second-order valence-corrected chi connectivity index (χ2v) is 21.3. The summed E-state index contributed by atoms with van der Waals surface area (Å²) in [7, 11) is 0. The number of benzene rings is 4. The van der Waals surface area contributed by atoms with Crippen molar-refractivity contribution in [2.75, 3.05) is 26.3 Å². The van der Waals surface area contributed by atoms with Crippen molar-refractivity contribution < 1.29 is 29.3 Å². The van der Waals surface area contributed by atoms with Gasteiger partial charge in [0, 0.05) is 38.5 Å². The van der Waals surface area contributed by atoms with Crippen molar-refractivity contribution in [3.63, 3.8) is 0 Å². The number of hydrogen-bond donors (Lipinski definition) is 4. The van der Waals surface area contributed by atoms with E-state index in [0.29, 0.717) is 63.1 Å². The van der Waals surface area contributed by atoms with Crippen LogP contribution < -0.4 is 20.1 Å². The molecule has 4 N–H and O–H groups in total. The normalized spacial score (nSPS) is 13.4. The number of nitrogens with one attached hydrogen (secondary N) is 2. The molecule has 0 heterocycles. The monoisotopic (exact) mass is 847 g/mol. The Morgan fingerprint density at radius 1 is 0.452 bits per heavy atom. The predicted molar refractivity (Wildman–Crippen MR) is 253 cm³/mol. The molecule has 4 aromatic carbocycles. The fraction of sp³-hybridized carbons (Fsp3) is 0.519. The van der Waals surface area contributed by atoms with Gasteiger partial charge in [0.1, 0.15) is 36.2 Å². The first-order valence-corrected chi connectivity index (χ1v) is 22.6. The number of fused-ring (bicyclic) bond motifs is 8. The van der Waals surface area contributed by atoms with Crippen LogP contribution in [0.2, 0.25) is 0 Å². The summed E-state index contributed by atoms with van der Waals surface area (Å²) in [6.07, 6.45) is 2.35. The zero-order chi connectivity index (χ0) is 45.9. The predicted octanol–water partition coefficient (Wildman–Crippen LogP) is 10.8. The maximum Gasteiger partial charge on any atom is 0.219 e. The molecule has 2 amide bonds. The largest absolute Gasteiger partial charge is 0.507 e. The van der Waals surface area contributed by atoms with E-state index in [9.17, 15) is 19.8 Å². The van der Waals surface area contributed by atoms with Crippen LogP contribution in [0.4, 0.5) is 0 Å². The van der Waals surface area contributed by atoms with Crippen molar-refractivity contribution in [2.24, 2.45) is 0 Å². The SMILES string of the molecule is CCC(=O)NCCOc1c2cc(C(C)(C)C)cc1Cc1cc(C(C)(C)C)cc(c1O)Cc1cc(C(C)(C)C)cc(c1OCCNC(=O)CC)Cc1cc(C(C)(C)C)cc(c1O)C2. The van der Waals surface area contributed by atoms with Crippen LogP contribution in [0, 0.1) is 0 Å². The van der Waals surface area contributed by atoms with Crippen LogP contribution in [-0.2, 0) is 56.9 Å². The van der Waals surface area contributed by atoms with Gasteiger partial charge in [-0.3, -0.25) is 9.59 Å². The van der Waals surface area contributed by atoms with Gasteiger partial charge in [0.05, 0.1) is 13.1 Å². The molecule has 0 saturated heterocycles. The Bertz CT molecular complexity index is 2020. The van der Waals surface area contributed by atoms with Crippen molar-refractivity contribution in [2.45, 2.75) is 157 Å².